The van der Waals surface area contributed by atoms with Crippen molar-refractivity contribution in [2.45, 2.75) is 80.3 Å². The molecule has 2 heterocycles. The first-order valence-corrected chi connectivity index (χ1v) is 9.68. The maximum atomic E-state index is 11.4. The molecule has 0 radical (unpaired) electrons. The summed E-state index contributed by atoms with van der Waals surface area (Å²) in [6, 6.07) is -1.25. The van der Waals surface area contributed by atoms with Crippen molar-refractivity contribution in [3.8, 4) is 0 Å². The predicted octanol–water partition coefficient (Wildman–Crippen LogP) is -6.14. The summed E-state index contributed by atoms with van der Waals surface area (Å²) in [7, 11) is 0. The van der Waals surface area contributed by atoms with Gasteiger partial charge in [-0.05, 0) is 0 Å². The molecular formula is C17H31NO13. The molecule has 2 fully saturated rings. The van der Waals surface area contributed by atoms with Crippen molar-refractivity contribution in [1.29, 1.82) is 0 Å². The Morgan fingerprint density at radius 3 is 2.35 bits per heavy atom. The zero-order valence-electron chi connectivity index (χ0n) is 16.8. The van der Waals surface area contributed by atoms with E-state index in [1.807, 2.05) is 0 Å². The lowest BCUT2D eigenvalue weighted by molar-refractivity contribution is -0.352. The first-order chi connectivity index (χ1) is 14.4. The highest BCUT2D eigenvalue weighted by molar-refractivity contribution is 5.73. The molecule has 31 heavy (non-hydrogen) atoms. The minimum absolute atomic E-state index is 0.534. The maximum Gasteiger partial charge on any atom is 0.217 e. The molecule has 0 saturated carbocycles. The Bertz CT molecular complexity index is 594. The fraction of sp³-hybridized carbons (Fsp3) is 0.941. The molecule has 11 atom stereocenters. The molecule has 10 N–H and O–H groups in total. The van der Waals surface area contributed by atoms with Gasteiger partial charge < -0.3 is 65.5 Å². The topological polar surface area (TPSA) is 239 Å². The largest absolute Gasteiger partial charge is 0.394 e. The van der Waals surface area contributed by atoms with Crippen LogP contribution in [0.5, 0.6) is 0 Å². The van der Waals surface area contributed by atoms with E-state index >= 15 is 0 Å². The molecule has 0 spiro atoms. The number of aliphatic hydroxyl groups excluding tert-OH is 8. The Hall–Kier alpha value is -1.01. The Morgan fingerprint density at radius 2 is 1.81 bits per heavy atom. The normalized spacial score (nSPS) is 43.3. The summed E-state index contributed by atoms with van der Waals surface area (Å²) in [6.45, 7) is -1.21. The number of hydrogen-bond donors (Lipinski definition) is 10. The lowest BCUT2D eigenvalue weighted by Gasteiger charge is -2.47. The number of nitrogens with one attached hydrogen (secondary N) is 1. The van der Waals surface area contributed by atoms with Gasteiger partial charge in [-0.3, -0.25) is 4.79 Å². The second-order valence-corrected chi connectivity index (χ2v) is 7.78. The average molecular weight is 457 g/mol. The minimum Gasteiger partial charge on any atom is -0.394 e. The van der Waals surface area contributed by atoms with Gasteiger partial charge in [-0.25, -0.2) is 0 Å². The van der Waals surface area contributed by atoms with Crippen LogP contribution in [0.15, 0.2) is 0 Å². The second-order valence-electron chi connectivity index (χ2n) is 7.78. The van der Waals surface area contributed by atoms with Gasteiger partial charge in [0.2, 0.25) is 5.91 Å². The number of hydrogen-bond acceptors (Lipinski definition) is 13. The zero-order valence-corrected chi connectivity index (χ0v) is 16.8. The van der Waals surface area contributed by atoms with Gasteiger partial charge in [0.15, 0.2) is 12.1 Å². The van der Waals surface area contributed by atoms with E-state index < -0.39 is 99.1 Å². The summed E-state index contributed by atoms with van der Waals surface area (Å²) < 4.78 is 15.8. The van der Waals surface area contributed by atoms with E-state index in [1.165, 1.54) is 0 Å². The van der Waals surface area contributed by atoms with Crippen molar-refractivity contribution in [2.75, 3.05) is 19.8 Å². The molecule has 0 aromatic heterocycles. The average Bonchev–Trinajstić information content (AvgIpc) is 2.72. The van der Waals surface area contributed by atoms with Crippen LogP contribution in [0.3, 0.4) is 0 Å². The summed E-state index contributed by atoms with van der Waals surface area (Å²) in [4.78, 5) is 11.4. The zero-order chi connectivity index (χ0) is 23.5. The van der Waals surface area contributed by atoms with Crippen LogP contribution in [-0.2, 0) is 19.0 Å². The highest BCUT2D eigenvalue weighted by Gasteiger charge is 2.51. The van der Waals surface area contributed by atoms with Gasteiger partial charge in [-0.2, -0.15) is 0 Å². The van der Waals surface area contributed by atoms with E-state index in [1.54, 1.807) is 0 Å². The standard InChI is InChI=1S/C17H31NO13/c1-6(21)18-10-7(22)2-17(28,31-15(10)11(24)8(23)3-19)5-29-16-14(27)13(26)12(25)9(4-20)30-16/h7-16,19-20,22-28H,2-5H2,1H3,(H,18,21)/t7-,8+,9+,10+,11+,12-,13-,14+,15+,16?,17-/m0/s1. The van der Waals surface area contributed by atoms with Crippen molar-refractivity contribution < 1.29 is 65.0 Å². The van der Waals surface area contributed by atoms with Crippen molar-refractivity contribution >= 4 is 5.91 Å². The summed E-state index contributed by atoms with van der Waals surface area (Å²) in [5.74, 6) is -2.90. The molecule has 0 aromatic carbocycles. The summed E-state index contributed by atoms with van der Waals surface area (Å²) in [5.41, 5.74) is 0. The van der Waals surface area contributed by atoms with Crippen molar-refractivity contribution in [3.05, 3.63) is 0 Å². The number of amides is 1. The molecule has 2 aliphatic heterocycles. The molecule has 2 saturated heterocycles. The van der Waals surface area contributed by atoms with E-state index in [9.17, 15) is 45.6 Å². The molecular weight excluding hydrogens is 426 g/mol. The van der Waals surface area contributed by atoms with Gasteiger partial charge >= 0.3 is 0 Å². The Labute approximate surface area is 177 Å². The third-order valence-electron chi connectivity index (χ3n) is 5.26. The smallest absolute Gasteiger partial charge is 0.217 e. The van der Waals surface area contributed by atoms with Crippen LogP contribution in [0.2, 0.25) is 0 Å². The first kappa shape index (κ1) is 26.2. The molecule has 2 aliphatic rings. The summed E-state index contributed by atoms with van der Waals surface area (Å²) in [6.07, 6.45) is -15.1. The highest BCUT2D eigenvalue weighted by Crippen LogP contribution is 2.32. The van der Waals surface area contributed by atoms with E-state index in [0.29, 0.717) is 0 Å². The molecule has 2 rings (SSSR count). The number of ether oxygens (including phenoxy) is 3. The summed E-state index contributed by atoms with van der Waals surface area (Å²) in [5, 5.41) is 91.4. The fourth-order valence-electron chi connectivity index (χ4n) is 3.58. The molecule has 182 valence electrons. The Morgan fingerprint density at radius 1 is 1.16 bits per heavy atom. The van der Waals surface area contributed by atoms with Crippen LogP contribution < -0.4 is 5.32 Å². The molecule has 0 aliphatic carbocycles. The lowest BCUT2D eigenvalue weighted by atomic mass is 9.89. The first-order valence-electron chi connectivity index (χ1n) is 9.68. The monoisotopic (exact) mass is 457 g/mol. The van der Waals surface area contributed by atoms with Gasteiger partial charge in [-0.1, -0.05) is 0 Å². The SMILES string of the molecule is CC(=O)N[C@H]1[C@H]([C@H](O)[C@H](O)CO)O[C@](O)(COC2O[C@H](CO)[C@H](O)[C@H](O)[C@H]2O)C[C@@H]1O. The van der Waals surface area contributed by atoms with E-state index in [2.05, 4.69) is 5.32 Å². The number of carbonyl (C=O) groups is 1. The van der Waals surface area contributed by atoms with E-state index in [0.717, 1.165) is 6.92 Å². The number of rotatable bonds is 8. The third kappa shape index (κ3) is 6.07. The third-order valence-corrected chi connectivity index (χ3v) is 5.26. The maximum absolute atomic E-state index is 11.4. The molecule has 1 amide bonds. The summed E-state index contributed by atoms with van der Waals surface area (Å²) >= 11 is 0. The van der Waals surface area contributed by atoms with Crippen LogP contribution in [0.1, 0.15) is 13.3 Å². The molecule has 0 bridgehead atoms. The molecule has 0 aromatic rings. The van der Waals surface area contributed by atoms with Gasteiger partial charge in [0.25, 0.3) is 0 Å². The van der Waals surface area contributed by atoms with Crippen LogP contribution in [0, 0.1) is 0 Å². The Balaban J connectivity index is 2.14. The van der Waals surface area contributed by atoms with Crippen molar-refractivity contribution in [3.63, 3.8) is 0 Å². The number of carbonyl (C=O) groups excluding carboxylic acids is 1. The quantitative estimate of drug-likeness (QED) is 0.163. The van der Waals surface area contributed by atoms with Crippen LogP contribution in [0.25, 0.3) is 0 Å². The van der Waals surface area contributed by atoms with E-state index in [4.69, 9.17) is 19.3 Å². The van der Waals surface area contributed by atoms with Crippen molar-refractivity contribution in [2.24, 2.45) is 0 Å². The van der Waals surface area contributed by atoms with Crippen LogP contribution in [0.4, 0.5) is 0 Å². The fourth-order valence-corrected chi connectivity index (χ4v) is 3.58. The van der Waals surface area contributed by atoms with Crippen LogP contribution >= 0.6 is 0 Å². The minimum atomic E-state index is -2.31. The van der Waals surface area contributed by atoms with Gasteiger partial charge in [-0.15, -0.1) is 0 Å². The van der Waals surface area contributed by atoms with Crippen molar-refractivity contribution in [1.82, 2.24) is 5.32 Å². The van der Waals surface area contributed by atoms with Gasteiger partial charge in [0, 0.05) is 13.3 Å². The lowest BCUT2D eigenvalue weighted by Crippen LogP contribution is -2.67. The van der Waals surface area contributed by atoms with Gasteiger partial charge in [0.05, 0.1) is 25.4 Å². The van der Waals surface area contributed by atoms with E-state index in [-0.39, 0.29) is 0 Å². The Kier molecular flexibility index (Phi) is 9.09. The number of aliphatic hydroxyl groups is 9. The molecule has 1 unspecified atom stereocenters. The predicted molar refractivity (Wildman–Crippen MR) is 96.9 cm³/mol. The van der Waals surface area contributed by atoms with Crippen LogP contribution in [-0.4, -0.2) is 139 Å². The molecule has 14 nitrogen and oxygen atoms in total. The molecule has 14 heteroatoms. The highest BCUT2D eigenvalue weighted by atomic mass is 16.7. The van der Waals surface area contributed by atoms with Gasteiger partial charge in [0.1, 0.15) is 49.3 Å². The second kappa shape index (κ2) is 10.7.